The molecular weight excluding hydrogens is 320 g/mol. The standard InChI is InChI=1S/C18H22N4O3/c23-17(20-8-11-22-9-6-19-7-10-22)14-3-1-4-15(13-14)21-18(24)16-5-2-12-25-16/h1-5,12-13,19H,6-11H2,(H,20,23)(H,21,24). The van der Waals surface area contributed by atoms with E-state index >= 15 is 0 Å². The van der Waals surface area contributed by atoms with Crippen molar-refractivity contribution < 1.29 is 14.0 Å². The molecule has 7 heteroatoms. The van der Waals surface area contributed by atoms with Crippen LogP contribution in [-0.2, 0) is 0 Å². The van der Waals surface area contributed by atoms with Crippen molar-refractivity contribution in [2.24, 2.45) is 0 Å². The maximum absolute atomic E-state index is 12.3. The summed E-state index contributed by atoms with van der Waals surface area (Å²) in [4.78, 5) is 26.6. The fraction of sp³-hybridized carbons (Fsp3) is 0.333. The molecule has 1 fully saturated rings. The van der Waals surface area contributed by atoms with E-state index in [-0.39, 0.29) is 17.6 Å². The second kappa shape index (κ2) is 8.46. The van der Waals surface area contributed by atoms with Crippen LogP contribution in [0.2, 0.25) is 0 Å². The summed E-state index contributed by atoms with van der Waals surface area (Å²) in [5.41, 5.74) is 1.06. The highest BCUT2D eigenvalue weighted by molar-refractivity contribution is 6.03. The minimum absolute atomic E-state index is 0.149. The lowest BCUT2D eigenvalue weighted by atomic mass is 10.2. The van der Waals surface area contributed by atoms with Crippen LogP contribution in [0.1, 0.15) is 20.9 Å². The van der Waals surface area contributed by atoms with E-state index in [0.29, 0.717) is 17.8 Å². The number of carbonyl (C=O) groups excluding carboxylic acids is 2. The molecule has 1 aliphatic heterocycles. The van der Waals surface area contributed by atoms with Crippen molar-refractivity contribution in [3.63, 3.8) is 0 Å². The fourth-order valence-corrected chi connectivity index (χ4v) is 2.70. The Bertz CT molecular complexity index is 709. The number of benzene rings is 1. The number of rotatable bonds is 6. The zero-order chi connectivity index (χ0) is 17.5. The number of hydrogen-bond donors (Lipinski definition) is 3. The lowest BCUT2D eigenvalue weighted by Crippen LogP contribution is -2.46. The van der Waals surface area contributed by atoms with Crippen molar-refractivity contribution in [2.45, 2.75) is 0 Å². The molecule has 1 aromatic carbocycles. The van der Waals surface area contributed by atoms with Crippen LogP contribution in [0.4, 0.5) is 5.69 Å². The Morgan fingerprint density at radius 3 is 2.72 bits per heavy atom. The third-order valence-electron chi connectivity index (χ3n) is 4.05. The summed E-state index contributed by atoms with van der Waals surface area (Å²) in [7, 11) is 0. The van der Waals surface area contributed by atoms with Gasteiger partial charge in [-0.2, -0.15) is 0 Å². The van der Waals surface area contributed by atoms with Gasteiger partial charge in [-0.25, -0.2) is 0 Å². The molecule has 2 aromatic rings. The van der Waals surface area contributed by atoms with Crippen LogP contribution in [0.15, 0.2) is 47.1 Å². The molecule has 3 rings (SSSR count). The molecule has 25 heavy (non-hydrogen) atoms. The van der Waals surface area contributed by atoms with E-state index in [1.807, 2.05) is 0 Å². The summed E-state index contributed by atoms with van der Waals surface area (Å²) >= 11 is 0. The van der Waals surface area contributed by atoms with Gasteiger partial charge in [0.2, 0.25) is 0 Å². The van der Waals surface area contributed by atoms with Gasteiger partial charge in [-0.15, -0.1) is 0 Å². The predicted octanol–water partition coefficient (Wildman–Crippen LogP) is 1.17. The Morgan fingerprint density at radius 2 is 1.96 bits per heavy atom. The summed E-state index contributed by atoms with van der Waals surface area (Å²) in [6.07, 6.45) is 1.44. The minimum atomic E-state index is -0.346. The number of piperazine rings is 1. The molecule has 1 aromatic heterocycles. The van der Waals surface area contributed by atoms with E-state index in [4.69, 9.17) is 4.42 Å². The van der Waals surface area contributed by atoms with Gasteiger partial charge in [0.25, 0.3) is 11.8 Å². The summed E-state index contributed by atoms with van der Waals surface area (Å²) in [6, 6.07) is 10.1. The summed E-state index contributed by atoms with van der Waals surface area (Å²) in [5, 5.41) is 8.94. The number of hydrogen-bond acceptors (Lipinski definition) is 5. The van der Waals surface area contributed by atoms with E-state index in [2.05, 4.69) is 20.9 Å². The Balaban J connectivity index is 1.51. The van der Waals surface area contributed by atoms with Crippen molar-refractivity contribution in [1.29, 1.82) is 0 Å². The van der Waals surface area contributed by atoms with Gasteiger partial charge in [-0.05, 0) is 30.3 Å². The van der Waals surface area contributed by atoms with Crippen LogP contribution in [-0.4, -0.2) is 56.0 Å². The van der Waals surface area contributed by atoms with Crippen LogP contribution in [0.5, 0.6) is 0 Å². The van der Waals surface area contributed by atoms with Gasteiger partial charge in [-0.1, -0.05) is 6.07 Å². The van der Waals surface area contributed by atoms with Crippen LogP contribution < -0.4 is 16.0 Å². The molecule has 7 nitrogen and oxygen atoms in total. The second-order valence-corrected chi connectivity index (χ2v) is 5.86. The number of anilines is 1. The van der Waals surface area contributed by atoms with Gasteiger partial charge in [0.05, 0.1) is 6.26 Å². The first kappa shape index (κ1) is 17.2. The maximum atomic E-state index is 12.3. The van der Waals surface area contributed by atoms with E-state index < -0.39 is 0 Å². The molecule has 0 bridgehead atoms. The predicted molar refractivity (Wildman–Crippen MR) is 94.7 cm³/mol. The van der Waals surface area contributed by atoms with E-state index in [9.17, 15) is 9.59 Å². The zero-order valence-corrected chi connectivity index (χ0v) is 14.0. The molecule has 0 radical (unpaired) electrons. The van der Waals surface area contributed by atoms with Crippen LogP contribution in [0, 0.1) is 0 Å². The largest absolute Gasteiger partial charge is 0.459 e. The highest BCUT2D eigenvalue weighted by Crippen LogP contribution is 2.12. The first-order valence-corrected chi connectivity index (χ1v) is 8.38. The number of furan rings is 1. The van der Waals surface area contributed by atoms with Gasteiger partial charge >= 0.3 is 0 Å². The van der Waals surface area contributed by atoms with E-state index in [1.54, 1.807) is 36.4 Å². The minimum Gasteiger partial charge on any atom is -0.459 e. The van der Waals surface area contributed by atoms with Crippen molar-refractivity contribution in [3.05, 3.63) is 54.0 Å². The van der Waals surface area contributed by atoms with Gasteiger partial charge in [0.15, 0.2) is 5.76 Å². The Morgan fingerprint density at radius 1 is 1.12 bits per heavy atom. The molecule has 0 saturated carbocycles. The Hall–Kier alpha value is -2.64. The van der Waals surface area contributed by atoms with Crippen molar-refractivity contribution in [1.82, 2.24) is 15.5 Å². The smallest absolute Gasteiger partial charge is 0.291 e. The zero-order valence-electron chi connectivity index (χ0n) is 14.0. The van der Waals surface area contributed by atoms with Crippen molar-refractivity contribution in [3.8, 4) is 0 Å². The summed E-state index contributed by atoms with van der Waals surface area (Å²) in [6.45, 7) is 5.43. The highest BCUT2D eigenvalue weighted by atomic mass is 16.3. The Kier molecular flexibility index (Phi) is 5.81. The van der Waals surface area contributed by atoms with Crippen LogP contribution >= 0.6 is 0 Å². The van der Waals surface area contributed by atoms with Gasteiger partial charge in [-0.3, -0.25) is 14.5 Å². The molecule has 1 saturated heterocycles. The molecular formula is C18H22N4O3. The average molecular weight is 342 g/mol. The molecule has 0 aliphatic carbocycles. The average Bonchev–Trinajstić information content (AvgIpc) is 3.18. The second-order valence-electron chi connectivity index (χ2n) is 5.86. The molecule has 132 valence electrons. The Labute approximate surface area is 146 Å². The van der Waals surface area contributed by atoms with Crippen molar-refractivity contribution in [2.75, 3.05) is 44.6 Å². The third kappa shape index (κ3) is 4.91. The highest BCUT2D eigenvalue weighted by Gasteiger charge is 2.12. The van der Waals surface area contributed by atoms with Crippen molar-refractivity contribution >= 4 is 17.5 Å². The topological polar surface area (TPSA) is 86.6 Å². The lowest BCUT2D eigenvalue weighted by Gasteiger charge is -2.27. The first-order valence-electron chi connectivity index (χ1n) is 8.38. The molecule has 0 spiro atoms. The SMILES string of the molecule is O=C(NCCN1CCNCC1)c1cccc(NC(=O)c2ccco2)c1. The number of nitrogens with zero attached hydrogens (tertiary/aromatic N) is 1. The lowest BCUT2D eigenvalue weighted by molar-refractivity contribution is 0.0945. The molecule has 0 atom stereocenters. The van der Waals surface area contributed by atoms with Gasteiger partial charge in [0.1, 0.15) is 0 Å². The van der Waals surface area contributed by atoms with E-state index in [0.717, 1.165) is 32.7 Å². The molecule has 2 heterocycles. The molecule has 0 unspecified atom stereocenters. The summed E-state index contributed by atoms with van der Waals surface area (Å²) < 4.78 is 5.06. The van der Waals surface area contributed by atoms with E-state index in [1.165, 1.54) is 6.26 Å². The monoisotopic (exact) mass is 342 g/mol. The fourth-order valence-electron chi connectivity index (χ4n) is 2.70. The molecule has 2 amide bonds. The number of carbonyl (C=O) groups is 2. The first-order chi connectivity index (χ1) is 12.2. The van der Waals surface area contributed by atoms with Crippen LogP contribution in [0.25, 0.3) is 0 Å². The number of amides is 2. The maximum Gasteiger partial charge on any atom is 0.291 e. The summed E-state index contributed by atoms with van der Waals surface area (Å²) in [5.74, 6) is -0.267. The molecule has 3 N–H and O–H groups in total. The number of nitrogens with one attached hydrogen (secondary N) is 3. The van der Waals surface area contributed by atoms with Gasteiger partial charge in [0, 0.05) is 50.5 Å². The quantitative estimate of drug-likeness (QED) is 0.734. The third-order valence-corrected chi connectivity index (χ3v) is 4.05. The van der Waals surface area contributed by atoms with Crippen LogP contribution in [0.3, 0.4) is 0 Å². The van der Waals surface area contributed by atoms with Gasteiger partial charge < -0.3 is 20.4 Å². The normalized spacial score (nSPS) is 14.9. The molecule has 1 aliphatic rings.